The lowest BCUT2D eigenvalue weighted by molar-refractivity contribution is -0.137. The number of carboxylic acid groups (broad SMARTS) is 1. The summed E-state index contributed by atoms with van der Waals surface area (Å²) in [5, 5.41) is 16.8. The normalized spacial score (nSPS) is 20.8. The van der Waals surface area contributed by atoms with Gasteiger partial charge in [0.05, 0.1) is 17.1 Å². The highest BCUT2D eigenvalue weighted by atomic mass is 16.5. The Kier molecular flexibility index (Phi) is 7.34. The van der Waals surface area contributed by atoms with E-state index in [0.717, 1.165) is 48.5 Å². The molecule has 2 N–H and O–H groups in total. The number of carbonyl (C=O) groups is 2. The van der Waals surface area contributed by atoms with E-state index >= 15 is 0 Å². The second-order valence-electron chi connectivity index (χ2n) is 11.9. The molecule has 0 unspecified atom stereocenters. The summed E-state index contributed by atoms with van der Waals surface area (Å²) in [4.78, 5) is 28.8. The van der Waals surface area contributed by atoms with Crippen molar-refractivity contribution < 1.29 is 19.2 Å². The number of anilines is 1. The molecule has 0 bridgehead atoms. The number of nitrogens with one attached hydrogen (secondary N) is 1. The molecule has 2 aliphatic carbocycles. The Labute approximate surface area is 208 Å². The molecule has 2 aromatic heterocycles. The number of pyridine rings is 1. The van der Waals surface area contributed by atoms with Crippen LogP contribution in [-0.2, 0) is 9.59 Å². The first kappa shape index (κ1) is 25.4. The lowest BCUT2D eigenvalue weighted by atomic mass is 9.66. The van der Waals surface area contributed by atoms with E-state index in [1.807, 2.05) is 26.0 Å². The number of rotatable bonds is 10. The summed E-state index contributed by atoms with van der Waals surface area (Å²) < 4.78 is 5.96. The largest absolute Gasteiger partial charge is 0.481 e. The quantitative estimate of drug-likeness (QED) is 0.403. The Balaban J connectivity index is 1.51. The molecule has 2 heterocycles. The lowest BCUT2D eigenvalue weighted by Gasteiger charge is -2.38. The predicted octanol–water partition coefficient (Wildman–Crippen LogP) is 6.47. The van der Waals surface area contributed by atoms with Crippen molar-refractivity contribution >= 4 is 17.6 Å². The number of aliphatic carboxylic acids is 1. The van der Waals surface area contributed by atoms with Crippen molar-refractivity contribution in [3.8, 4) is 0 Å². The molecule has 2 saturated carbocycles. The van der Waals surface area contributed by atoms with Crippen molar-refractivity contribution in [2.24, 2.45) is 11.3 Å². The van der Waals surface area contributed by atoms with Crippen molar-refractivity contribution in [3.63, 3.8) is 0 Å². The van der Waals surface area contributed by atoms with Gasteiger partial charge in [-0.05, 0) is 81.8 Å². The third kappa shape index (κ3) is 6.50. The van der Waals surface area contributed by atoms with E-state index in [1.54, 1.807) is 0 Å². The topological polar surface area (TPSA) is 105 Å². The van der Waals surface area contributed by atoms with E-state index in [4.69, 9.17) is 4.52 Å². The van der Waals surface area contributed by atoms with Crippen LogP contribution in [0.4, 0.5) is 5.69 Å². The van der Waals surface area contributed by atoms with Gasteiger partial charge in [-0.2, -0.15) is 0 Å². The van der Waals surface area contributed by atoms with Crippen LogP contribution in [0.15, 0.2) is 16.7 Å². The number of aryl methyl sites for hydroxylation is 2. The molecule has 1 amide bonds. The number of carboxylic acids is 1. The van der Waals surface area contributed by atoms with Crippen LogP contribution >= 0.6 is 0 Å². The molecule has 190 valence electrons. The van der Waals surface area contributed by atoms with Crippen LogP contribution in [0.3, 0.4) is 0 Å². The van der Waals surface area contributed by atoms with Crippen molar-refractivity contribution in [2.75, 3.05) is 5.32 Å². The molecule has 2 aliphatic rings. The minimum Gasteiger partial charge on any atom is -0.481 e. The maximum Gasteiger partial charge on any atom is 0.303 e. The van der Waals surface area contributed by atoms with E-state index in [1.165, 1.54) is 12.0 Å². The van der Waals surface area contributed by atoms with Crippen LogP contribution in [0.1, 0.15) is 118 Å². The summed E-state index contributed by atoms with van der Waals surface area (Å²) in [6.07, 6.45) is 6.17. The standard InChI is InChI=1S/C28H39N3O4/c1-16-6-10-22(17(2)29-16)30-23(32)14-20(9-11-24(33)34)26-25(19-7-8-19)27(35-31-26)21-12-18(13-21)15-28(3,4)5/h6,10,18-21H,7-9,11-15H2,1-5H3,(H,30,32)(H,33,34)/t18-,20-,21+/m0/s1. The molecule has 0 spiro atoms. The number of hydrogen-bond acceptors (Lipinski definition) is 5. The first-order valence-corrected chi connectivity index (χ1v) is 13.0. The van der Waals surface area contributed by atoms with Crippen LogP contribution in [0, 0.1) is 25.2 Å². The monoisotopic (exact) mass is 481 g/mol. The zero-order chi connectivity index (χ0) is 25.3. The second-order valence-corrected chi connectivity index (χ2v) is 11.9. The lowest BCUT2D eigenvalue weighted by Crippen LogP contribution is -2.26. The maximum atomic E-state index is 13.0. The molecule has 0 aromatic carbocycles. The first-order chi connectivity index (χ1) is 16.5. The number of nitrogens with zero attached hydrogens (tertiary/aromatic N) is 2. The van der Waals surface area contributed by atoms with Crippen LogP contribution in [0.5, 0.6) is 0 Å². The van der Waals surface area contributed by atoms with E-state index in [9.17, 15) is 14.7 Å². The van der Waals surface area contributed by atoms with Crippen LogP contribution in [0.25, 0.3) is 0 Å². The van der Waals surface area contributed by atoms with Gasteiger partial charge in [-0.15, -0.1) is 0 Å². The summed E-state index contributed by atoms with van der Waals surface area (Å²) >= 11 is 0. The van der Waals surface area contributed by atoms with Gasteiger partial charge in [0.2, 0.25) is 5.91 Å². The van der Waals surface area contributed by atoms with Gasteiger partial charge in [-0.3, -0.25) is 14.6 Å². The van der Waals surface area contributed by atoms with Gasteiger partial charge in [0.15, 0.2) is 0 Å². The van der Waals surface area contributed by atoms with Gasteiger partial charge in [0.25, 0.3) is 0 Å². The Hall–Kier alpha value is -2.70. The zero-order valence-electron chi connectivity index (χ0n) is 21.7. The fourth-order valence-electron chi connectivity index (χ4n) is 5.55. The van der Waals surface area contributed by atoms with Gasteiger partial charge in [-0.1, -0.05) is 25.9 Å². The number of hydrogen-bond donors (Lipinski definition) is 2. The second kappa shape index (κ2) is 10.1. The SMILES string of the molecule is Cc1ccc(NC(=O)C[C@H](CCC(=O)O)c2noc([C@H]3C[C@@H](CC(C)(C)C)C3)c2C2CC2)c(C)n1. The molecule has 0 saturated heterocycles. The minimum atomic E-state index is -0.866. The maximum absolute atomic E-state index is 13.0. The van der Waals surface area contributed by atoms with Crippen molar-refractivity contribution in [1.29, 1.82) is 0 Å². The molecule has 2 aromatic rings. The molecule has 2 fully saturated rings. The predicted molar refractivity (Wildman–Crippen MR) is 135 cm³/mol. The van der Waals surface area contributed by atoms with E-state index in [0.29, 0.717) is 35.3 Å². The van der Waals surface area contributed by atoms with Crippen molar-refractivity contribution in [3.05, 3.63) is 40.5 Å². The molecular weight excluding hydrogens is 442 g/mol. The fraction of sp³-hybridized carbons (Fsp3) is 0.643. The fourth-order valence-corrected chi connectivity index (χ4v) is 5.55. The van der Waals surface area contributed by atoms with Crippen molar-refractivity contribution in [2.45, 2.75) is 104 Å². The summed E-state index contributed by atoms with van der Waals surface area (Å²) in [5.74, 6) is 1.20. The Morgan fingerprint density at radius 1 is 1.17 bits per heavy atom. The van der Waals surface area contributed by atoms with Gasteiger partial charge < -0.3 is 14.9 Å². The number of aromatic nitrogens is 2. The third-order valence-corrected chi connectivity index (χ3v) is 7.30. The molecular formula is C28H39N3O4. The van der Waals surface area contributed by atoms with Gasteiger partial charge in [0.1, 0.15) is 5.76 Å². The van der Waals surface area contributed by atoms with E-state index < -0.39 is 5.97 Å². The van der Waals surface area contributed by atoms with E-state index in [-0.39, 0.29) is 24.7 Å². The highest BCUT2D eigenvalue weighted by molar-refractivity contribution is 5.91. The van der Waals surface area contributed by atoms with Crippen LogP contribution < -0.4 is 5.32 Å². The molecule has 0 radical (unpaired) electrons. The summed E-state index contributed by atoms with van der Waals surface area (Å²) in [5.41, 5.74) is 4.63. The molecule has 35 heavy (non-hydrogen) atoms. The Morgan fingerprint density at radius 2 is 1.89 bits per heavy atom. The van der Waals surface area contributed by atoms with Crippen LogP contribution in [-0.4, -0.2) is 27.1 Å². The summed E-state index contributed by atoms with van der Waals surface area (Å²) in [6, 6.07) is 3.72. The average molecular weight is 482 g/mol. The highest BCUT2D eigenvalue weighted by Gasteiger charge is 2.42. The van der Waals surface area contributed by atoms with E-state index in [2.05, 4.69) is 36.2 Å². The smallest absolute Gasteiger partial charge is 0.303 e. The summed E-state index contributed by atoms with van der Waals surface area (Å²) in [7, 11) is 0. The molecule has 1 atom stereocenters. The zero-order valence-corrected chi connectivity index (χ0v) is 21.7. The minimum absolute atomic E-state index is 0.00749. The Morgan fingerprint density at radius 3 is 2.49 bits per heavy atom. The van der Waals surface area contributed by atoms with Gasteiger partial charge >= 0.3 is 5.97 Å². The average Bonchev–Trinajstić information content (AvgIpc) is 3.47. The molecule has 0 aliphatic heterocycles. The highest BCUT2D eigenvalue weighted by Crippen LogP contribution is 2.53. The van der Waals surface area contributed by atoms with Gasteiger partial charge in [-0.25, -0.2) is 0 Å². The molecule has 7 heteroatoms. The summed E-state index contributed by atoms with van der Waals surface area (Å²) in [6.45, 7) is 10.6. The third-order valence-electron chi connectivity index (χ3n) is 7.30. The van der Waals surface area contributed by atoms with Gasteiger partial charge in [0, 0.05) is 35.9 Å². The van der Waals surface area contributed by atoms with Crippen molar-refractivity contribution in [1.82, 2.24) is 10.1 Å². The molecule has 7 nitrogen and oxygen atoms in total. The molecule has 4 rings (SSSR count). The first-order valence-electron chi connectivity index (χ1n) is 13.0. The number of amides is 1. The number of carbonyl (C=O) groups excluding carboxylic acids is 1. The van der Waals surface area contributed by atoms with Crippen LogP contribution in [0.2, 0.25) is 0 Å². The Bertz CT molecular complexity index is 1070.